The van der Waals surface area contributed by atoms with Gasteiger partial charge in [0.15, 0.2) is 21.9 Å². The van der Waals surface area contributed by atoms with E-state index in [0.29, 0.717) is 13.0 Å². The van der Waals surface area contributed by atoms with Crippen LogP contribution in [0.1, 0.15) is 90.5 Å². The van der Waals surface area contributed by atoms with Crippen molar-refractivity contribution in [3.63, 3.8) is 0 Å². The number of amides is 1. The molecule has 0 aliphatic heterocycles. The number of ketones is 1. The molecule has 2 unspecified atom stereocenters. The van der Waals surface area contributed by atoms with Gasteiger partial charge in [-0.3, -0.25) is 4.79 Å². The Labute approximate surface area is 252 Å². The normalized spacial score (nSPS) is 13.7. The molecule has 3 atom stereocenters. The zero-order valence-electron chi connectivity index (χ0n) is 25.5. The summed E-state index contributed by atoms with van der Waals surface area (Å²) in [5.41, 5.74) is 0.847. The molecule has 0 heterocycles. The van der Waals surface area contributed by atoms with Crippen LogP contribution in [0.4, 0.5) is 4.79 Å². The molecule has 2 aromatic carbocycles. The molecule has 1 amide bonds. The minimum absolute atomic E-state index is 0.0246. The average molecular weight is 604 g/mol. The van der Waals surface area contributed by atoms with Gasteiger partial charge in [0.2, 0.25) is 0 Å². The van der Waals surface area contributed by atoms with Crippen LogP contribution in [0.5, 0.6) is 0 Å². The SMILES string of the molecule is CCCCCCCCCC(C(=O)CC[C@@H](COC(C)OCC)NC(=O)OCc1ccccc1)S(=O)(=O)c1ccccc1. The molecule has 0 saturated carbocycles. The Bertz CT molecular complexity index is 1130. The Morgan fingerprint density at radius 3 is 2.07 bits per heavy atom. The fourth-order valence-electron chi connectivity index (χ4n) is 4.69. The summed E-state index contributed by atoms with van der Waals surface area (Å²) in [5, 5.41) is 1.65. The first kappa shape index (κ1) is 35.4. The van der Waals surface area contributed by atoms with E-state index in [4.69, 9.17) is 14.2 Å². The molecule has 8 nitrogen and oxygen atoms in total. The molecule has 234 valence electrons. The number of carbonyl (C=O) groups is 2. The lowest BCUT2D eigenvalue weighted by Gasteiger charge is -2.22. The molecule has 0 radical (unpaired) electrons. The fourth-order valence-corrected chi connectivity index (χ4v) is 6.50. The standard InChI is InChI=1S/C33H49NO7S/c1-4-6-7-8-9-10-17-22-32(42(37,38)30-20-15-12-16-21-30)31(35)24-23-29(26-40-27(3)39-5-2)34-33(36)41-25-28-18-13-11-14-19-28/h11-16,18-21,27,29,32H,4-10,17,22-26H2,1-3H3,(H,34,36)/t27?,29-,32?/m0/s1. The number of rotatable bonds is 22. The van der Waals surface area contributed by atoms with E-state index in [-0.39, 0.29) is 43.2 Å². The van der Waals surface area contributed by atoms with Crippen LogP contribution in [0, 0.1) is 0 Å². The van der Waals surface area contributed by atoms with Crippen LogP contribution >= 0.6 is 0 Å². The van der Waals surface area contributed by atoms with Crippen molar-refractivity contribution in [1.29, 1.82) is 0 Å². The largest absolute Gasteiger partial charge is 0.445 e. The minimum atomic E-state index is -3.86. The Hall–Kier alpha value is -2.75. The lowest BCUT2D eigenvalue weighted by molar-refractivity contribution is -0.132. The summed E-state index contributed by atoms with van der Waals surface area (Å²) >= 11 is 0. The third-order valence-electron chi connectivity index (χ3n) is 7.08. The Morgan fingerprint density at radius 2 is 1.43 bits per heavy atom. The monoisotopic (exact) mass is 603 g/mol. The number of alkyl carbamates (subject to hydrolysis) is 1. The van der Waals surface area contributed by atoms with Crippen molar-refractivity contribution in [2.45, 2.75) is 114 Å². The zero-order chi connectivity index (χ0) is 30.6. The van der Waals surface area contributed by atoms with E-state index in [1.807, 2.05) is 37.3 Å². The van der Waals surface area contributed by atoms with Gasteiger partial charge in [-0.1, -0.05) is 100 Å². The lowest BCUT2D eigenvalue weighted by atomic mass is 10.0. The maximum absolute atomic E-state index is 13.6. The summed E-state index contributed by atoms with van der Waals surface area (Å²) in [5.74, 6) is -0.354. The van der Waals surface area contributed by atoms with Gasteiger partial charge < -0.3 is 19.5 Å². The van der Waals surface area contributed by atoms with Gasteiger partial charge in [-0.2, -0.15) is 0 Å². The molecule has 0 aliphatic rings. The number of hydrogen-bond acceptors (Lipinski definition) is 7. The summed E-state index contributed by atoms with van der Waals surface area (Å²) in [6.45, 7) is 6.43. The second-order valence-electron chi connectivity index (χ2n) is 10.5. The van der Waals surface area contributed by atoms with Gasteiger partial charge in [0.05, 0.1) is 17.5 Å². The van der Waals surface area contributed by atoms with E-state index in [1.54, 1.807) is 25.1 Å². The van der Waals surface area contributed by atoms with E-state index in [1.165, 1.54) is 31.4 Å². The Balaban J connectivity index is 2.06. The zero-order valence-corrected chi connectivity index (χ0v) is 26.3. The third kappa shape index (κ3) is 13.5. The smallest absolute Gasteiger partial charge is 0.407 e. The molecular formula is C33H49NO7S. The van der Waals surface area contributed by atoms with Crippen molar-refractivity contribution >= 4 is 21.7 Å². The van der Waals surface area contributed by atoms with Gasteiger partial charge >= 0.3 is 6.09 Å². The highest BCUT2D eigenvalue weighted by molar-refractivity contribution is 7.92. The van der Waals surface area contributed by atoms with Crippen molar-refractivity contribution < 1.29 is 32.2 Å². The van der Waals surface area contributed by atoms with Crippen molar-refractivity contribution in [3.8, 4) is 0 Å². The molecule has 2 rings (SSSR count). The number of nitrogens with one attached hydrogen (secondary N) is 1. The number of benzene rings is 2. The van der Waals surface area contributed by atoms with E-state index in [2.05, 4.69) is 12.2 Å². The number of sulfone groups is 1. The second-order valence-corrected chi connectivity index (χ2v) is 12.7. The number of ether oxygens (including phenoxy) is 3. The fraction of sp³-hybridized carbons (Fsp3) is 0.576. The first-order chi connectivity index (χ1) is 20.3. The van der Waals surface area contributed by atoms with E-state index < -0.39 is 33.5 Å². The van der Waals surface area contributed by atoms with Crippen LogP contribution in [0.2, 0.25) is 0 Å². The van der Waals surface area contributed by atoms with Crippen molar-refractivity contribution in [2.75, 3.05) is 13.2 Å². The molecule has 1 N–H and O–H groups in total. The highest BCUT2D eigenvalue weighted by atomic mass is 32.2. The number of Topliss-reactive ketones (excluding diaryl/α,β-unsaturated/α-hetero) is 1. The van der Waals surface area contributed by atoms with Crippen LogP contribution in [0.15, 0.2) is 65.6 Å². The van der Waals surface area contributed by atoms with Gasteiger partial charge in [-0.05, 0) is 44.4 Å². The predicted octanol–water partition coefficient (Wildman–Crippen LogP) is 7.01. The highest BCUT2D eigenvalue weighted by Crippen LogP contribution is 2.23. The lowest BCUT2D eigenvalue weighted by Crippen LogP contribution is -2.40. The molecule has 0 bridgehead atoms. The van der Waals surface area contributed by atoms with Crippen LogP contribution in [0.25, 0.3) is 0 Å². The van der Waals surface area contributed by atoms with E-state index >= 15 is 0 Å². The average Bonchev–Trinajstić information content (AvgIpc) is 2.99. The molecule has 9 heteroatoms. The van der Waals surface area contributed by atoms with Crippen molar-refractivity contribution in [3.05, 3.63) is 66.2 Å². The summed E-state index contributed by atoms with van der Waals surface area (Å²) in [6, 6.07) is 16.9. The first-order valence-corrected chi connectivity index (χ1v) is 16.8. The Morgan fingerprint density at radius 1 is 0.810 bits per heavy atom. The summed E-state index contributed by atoms with van der Waals surface area (Å²) in [6.07, 6.45) is 6.55. The molecule has 0 fully saturated rings. The molecule has 42 heavy (non-hydrogen) atoms. The molecule has 0 saturated heterocycles. The van der Waals surface area contributed by atoms with Gasteiger partial charge in [0.1, 0.15) is 11.9 Å². The Kier molecular flexibility index (Phi) is 17.1. The van der Waals surface area contributed by atoms with Crippen LogP contribution in [-0.4, -0.2) is 51.1 Å². The van der Waals surface area contributed by atoms with Gasteiger partial charge in [0, 0.05) is 13.0 Å². The minimum Gasteiger partial charge on any atom is -0.445 e. The van der Waals surface area contributed by atoms with Gasteiger partial charge in [-0.25, -0.2) is 13.2 Å². The summed E-state index contributed by atoms with van der Waals surface area (Å²) < 4.78 is 43.6. The number of unbranched alkanes of at least 4 members (excludes halogenated alkanes) is 6. The first-order valence-electron chi connectivity index (χ1n) is 15.3. The predicted molar refractivity (Wildman–Crippen MR) is 165 cm³/mol. The van der Waals surface area contributed by atoms with E-state index in [0.717, 1.165) is 24.8 Å². The van der Waals surface area contributed by atoms with Gasteiger partial charge in [-0.15, -0.1) is 0 Å². The molecule has 0 aromatic heterocycles. The van der Waals surface area contributed by atoms with Gasteiger partial charge in [0.25, 0.3) is 0 Å². The quantitative estimate of drug-likeness (QED) is 0.114. The summed E-state index contributed by atoms with van der Waals surface area (Å²) in [4.78, 5) is 26.3. The molecular weight excluding hydrogens is 554 g/mol. The van der Waals surface area contributed by atoms with Crippen molar-refractivity contribution in [2.24, 2.45) is 0 Å². The molecule has 0 aliphatic carbocycles. The number of hydrogen-bond donors (Lipinski definition) is 1. The third-order valence-corrected chi connectivity index (χ3v) is 9.26. The van der Waals surface area contributed by atoms with Crippen molar-refractivity contribution in [1.82, 2.24) is 5.32 Å². The number of carbonyl (C=O) groups excluding carboxylic acids is 2. The van der Waals surface area contributed by atoms with Crippen LogP contribution in [-0.2, 0) is 35.4 Å². The highest BCUT2D eigenvalue weighted by Gasteiger charge is 2.33. The van der Waals surface area contributed by atoms with Crippen LogP contribution < -0.4 is 5.32 Å². The summed E-state index contributed by atoms with van der Waals surface area (Å²) in [7, 11) is -3.86. The molecule has 0 spiro atoms. The van der Waals surface area contributed by atoms with E-state index in [9.17, 15) is 18.0 Å². The topological polar surface area (TPSA) is 108 Å². The molecule has 2 aromatic rings. The second kappa shape index (κ2) is 20.2. The maximum atomic E-state index is 13.6. The van der Waals surface area contributed by atoms with Crippen LogP contribution in [0.3, 0.4) is 0 Å². The maximum Gasteiger partial charge on any atom is 0.407 e.